The van der Waals surface area contributed by atoms with Gasteiger partial charge in [0.1, 0.15) is 5.82 Å². The van der Waals surface area contributed by atoms with Crippen molar-refractivity contribution in [3.63, 3.8) is 0 Å². The SMILES string of the molecule is CNc1cnc(C(C)C)nc1C(=O)NC(C)C1CCCO1. The molecule has 21 heavy (non-hydrogen) atoms. The van der Waals surface area contributed by atoms with Crippen LogP contribution in [0.3, 0.4) is 0 Å². The highest BCUT2D eigenvalue weighted by atomic mass is 16.5. The third-order valence-corrected chi connectivity index (χ3v) is 3.69. The number of ether oxygens (including phenoxy) is 1. The highest BCUT2D eigenvalue weighted by Crippen LogP contribution is 2.18. The Kier molecular flexibility index (Phi) is 5.12. The average Bonchev–Trinajstić information content (AvgIpc) is 3.00. The molecule has 1 fully saturated rings. The van der Waals surface area contributed by atoms with Gasteiger partial charge < -0.3 is 15.4 Å². The Hall–Kier alpha value is -1.69. The first-order valence-corrected chi connectivity index (χ1v) is 7.50. The fourth-order valence-corrected chi connectivity index (χ4v) is 2.39. The maximum atomic E-state index is 12.5. The van der Waals surface area contributed by atoms with Crippen molar-refractivity contribution in [1.29, 1.82) is 0 Å². The van der Waals surface area contributed by atoms with Gasteiger partial charge in [-0.1, -0.05) is 13.8 Å². The third-order valence-electron chi connectivity index (χ3n) is 3.69. The molecule has 116 valence electrons. The van der Waals surface area contributed by atoms with Gasteiger partial charge in [0, 0.05) is 19.6 Å². The van der Waals surface area contributed by atoms with Gasteiger partial charge in [-0.3, -0.25) is 4.79 Å². The first-order valence-electron chi connectivity index (χ1n) is 7.50. The first kappa shape index (κ1) is 15.7. The van der Waals surface area contributed by atoms with E-state index in [1.807, 2.05) is 20.8 Å². The number of amides is 1. The standard InChI is InChI=1S/C15H24N4O2/c1-9(2)14-17-8-11(16-4)13(19-14)15(20)18-10(3)12-6-5-7-21-12/h8-10,12,16H,5-7H2,1-4H3,(H,18,20). The number of nitrogens with zero attached hydrogens (tertiary/aromatic N) is 2. The second kappa shape index (κ2) is 6.85. The van der Waals surface area contributed by atoms with E-state index in [4.69, 9.17) is 4.74 Å². The maximum absolute atomic E-state index is 12.5. The van der Waals surface area contributed by atoms with Crippen LogP contribution in [0.15, 0.2) is 6.20 Å². The first-order chi connectivity index (χ1) is 10.0. The topological polar surface area (TPSA) is 76.1 Å². The summed E-state index contributed by atoms with van der Waals surface area (Å²) in [4.78, 5) is 21.1. The van der Waals surface area contributed by atoms with Gasteiger partial charge in [-0.2, -0.15) is 0 Å². The Balaban J connectivity index is 2.14. The molecule has 1 amide bonds. The molecule has 0 aliphatic carbocycles. The number of hydrogen-bond donors (Lipinski definition) is 2. The number of aromatic nitrogens is 2. The van der Waals surface area contributed by atoms with Gasteiger partial charge >= 0.3 is 0 Å². The summed E-state index contributed by atoms with van der Waals surface area (Å²) < 4.78 is 5.61. The lowest BCUT2D eigenvalue weighted by Gasteiger charge is -2.20. The third kappa shape index (κ3) is 3.69. The molecule has 0 bridgehead atoms. The van der Waals surface area contributed by atoms with E-state index in [9.17, 15) is 4.79 Å². The van der Waals surface area contributed by atoms with Crippen molar-refractivity contribution in [2.24, 2.45) is 0 Å². The summed E-state index contributed by atoms with van der Waals surface area (Å²) in [6.45, 7) is 6.76. The Bertz CT molecular complexity index is 498. The number of anilines is 1. The van der Waals surface area contributed by atoms with Crippen LogP contribution in [-0.2, 0) is 4.74 Å². The number of nitrogens with one attached hydrogen (secondary N) is 2. The Morgan fingerprint density at radius 2 is 2.19 bits per heavy atom. The van der Waals surface area contributed by atoms with Gasteiger partial charge in [0.25, 0.3) is 5.91 Å². The molecule has 2 heterocycles. The van der Waals surface area contributed by atoms with Crippen molar-refractivity contribution >= 4 is 11.6 Å². The molecule has 1 aromatic heterocycles. The van der Waals surface area contributed by atoms with E-state index in [-0.39, 0.29) is 24.0 Å². The second-order valence-corrected chi connectivity index (χ2v) is 5.71. The maximum Gasteiger partial charge on any atom is 0.272 e. The summed E-state index contributed by atoms with van der Waals surface area (Å²) >= 11 is 0. The van der Waals surface area contributed by atoms with Crippen molar-refractivity contribution in [1.82, 2.24) is 15.3 Å². The molecule has 1 aliphatic heterocycles. The highest BCUT2D eigenvalue weighted by Gasteiger charge is 2.25. The van der Waals surface area contributed by atoms with E-state index in [0.29, 0.717) is 17.2 Å². The molecule has 6 heteroatoms. The molecule has 1 saturated heterocycles. The van der Waals surface area contributed by atoms with E-state index in [0.717, 1.165) is 19.4 Å². The van der Waals surface area contributed by atoms with E-state index < -0.39 is 0 Å². The van der Waals surface area contributed by atoms with Gasteiger partial charge in [0.2, 0.25) is 0 Å². The zero-order valence-electron chi connectivity index (χ0n) is 13.1. The molecule has 0 radical (unpaired) electrons. The van der Waals surface area contributed by atoms with Crippen LogP contribution in [0.1, 0.15) is 55.8 Å². The smallest absolute Gasteiger partial charge is 0.272 e. The summed E-state index contributed by atoms with van der Waals surface area (Å²) in [7, 11) is 1.76. The van der Waals surface area contributed by atoms with Crippen LogP contribution >= 0.6 is 0 Å². The molecule has 1 aliphatic rings. The summed E-state index contributed by atoms with van der Waals surface area (Å²) in [6, 6.07) is -0.0258. The average molecular weight is 292 g/mol. The molecule has 0 aromatic carbocycles. The van der Waals surface area contributed by atoms with Crippen molar-refractivity contribution in [3.05, 3.63) is 17.7 Å². The lowest BCUT2D eigenvalue weighted by molar-refractivity contribution is 0.0710. The van der Waals surface area contributed by atoms with Gasteiger partial charge in [0.05, 0.1) is 24.0 Å². The molecule has 2 atom stereocenters. The van der Waals surface area contributed by atoms with Crippen LogP contribution in [-0.4, -0.2) is 41.7 Å². The van der Waals surface area contributed by atoms with E-state index in [1.165, 1.54) is 0 Å². The molecule has 2 N–H and O–H groups in total. The second-order valence-electron chi connectivity index (χ2n) is 5.71. The van der Waals surface area contributed by atoms with Crippen LogP contribution in [0.25, 0.3) is 0 Å². The molecular formula is C15H24N4O2. The normalized spacial score (nSPS) is 19.6. The molecule has 1 aromatic rings. The highest BCUT2D eigenvalue weighted by molar-refractivity contribution is 5.97. The van der Waals surface area contributed by atoms with Gasteiger partial charge in [-0.25, -0.2) is 9.97 Å². The quantitative estimate of drug-likeness (QED) is 0.867. The summed E-state index contributed by atoms with van der Waals surface area (Å²) in [5.74, 6) is 0.661. The Labute approximate surface area is 125 Å². The zero-order valence-corrected chi connectivity index (χ0v) is 13.1. The minimum absolute atomic E-state index is 0.0258. The number of carbonyl (C=O) groups excluding carboxylic acids is 1. The summed E-state index contributed by atoms with van der Waals surface area (Å²) in [5.41, 5.74) is 1.03. The van der Waals surface area contributed by atoms with Crippen molar-refractivity contribution in [3.8, 4) is 0 Å². The Morgan fingerprint density at radius 3 is 2.76 bits per heavy atom. The predicted molar refractivity (Wildman–Crippen MR) is 81.6 cm³/mol. The number of carbonyl (C=O) groups is 1. The molecule has 0 spiro atoms. The Morgan fingerprint density at radius 1 is 1.43 bits per heavy atom. The molecule has 0 saturated carbocycles. The van der Waals surface area contributed by atoms with Crippen LogP contribution < -0.4 is 10.6 Å². The van der Waals surface area contributed by atoms with Crippen molar-refractivity contribution in [2.45, 2.75) is 51.7 Å². The predicted octanol–water partition coefficient (Wildman–Crippen LogP) is 1.94. The lowest BCUT2D eigenvalue weighted by Crippen LogP contribution is -2.41. The minimum atomic E-state index is -0.188. The van der Waals surface area contributed by atoms with E-state index >= 15 is 0 Å². The summed E-state index contributed by atoms with van der Waals surface area (Å²) in [6.07, 6.45) is 3.80. The van der Waals surface area contributed by atoms with Crippen molar-refractivity contribution in [2.75, 3.05) is 19.0 Å². The van der Waals surface area contributed by atoms with Crippen LogP contribution in [0.5, 0.6) is 0 Å². The van der Waals surface area contributed by atoms with Gasteiger partial charge in [0.15, 0.2) is 5.69 Å². The van der Waals surface area contributed by atoms with Crippen LogP contribution in [0.4, 0.5) is 5.69 Å². The molecule has 6 nitrogen and oxygen atoms in total. The fourth-order valence-electron chi connectivity index (χ4n) is 2.39. The van der Waals surface area contributed by atoms with Gasteiger partial charge in [-0.15, -0.1) is 0 Å². The van der Waals surface area contributed by atoms with E-state index in [2.05, 4.69) is 20.6 Å². The zero-order chi connectivity index (χ0) is 15.4. The minimum Gasteiger partial charge on any atom is -0.385 e. The van der Waals surface area contributed by atoms with Crippen LogP contribution in [0, 0.1) is 0 Å². The number of hydrogen-bond acceptors (Lipinski definition) is 5. The monoisotopic (exact) mass is 292 g/mol. The van der Waals surface area contributed by atoms with E-state index in [1.54, 1.807) is 13.2 Å². The van der Waals surface area contributed by atoms with Crippen LogP contribution in [0.2, 0.25) is 0 Å². The summed E-state index contributed by atoms with van der Waals surface area (Å²) in [5, 5.41) is 5.95. The lowest BCUT2D eigenvalue weighted by atomic mass is 10.1. The van der Waals surface area contributed by atoms with Gasteiger partial charge in [-0.05, 0) is 19.8 Å². The van der Waals surface area contributed by atoms with Crippen molar-refractivity contribution < 1.29 is 9.53 Å². The molecular weight excluding hydrogens is 268 g/mol. The number of rotatable bonds is 5. The molecule has 2 rings (SSSR count). The fraction of sp³-hybridized carbons (Fsp3) is 0.667. The molecule has 2 unspecified atom stereocenters. The largest absolute Gasteiger partial charge is 0.385 e.